The molecule has 3 nitrogen and oxygen atoms in total. The molecule has 0 atom stereocenters. The van der Waals surface area contributed by atoms with Crippen LogP contribution in [0, 0.1) is 11.7 Å². The number of hydrogen-bond donors (Lipinski definition) is 1. The van der Waals surface area contributed by atoms with Gasteiger partial charge in [-0.15, -0.1) is 0 Å². The number of amides is 1. The van der Waals surface area contributed by atoms with Crippen LogP contribution in [0.15, 0.2) is 22.7 Å². The molecule has 1 heterocycles. The molecule has 1 saturated heterocycles. The van der Waals surface area contributed by atoms with Crippen LogP contribution < -0.4 is 5.32 Å². The summed E-state index contributed by atoms with van der Waals surface area (Å²) in [6.07, 6.45) is 2.20. The summed E-state index contributed by atoms with van der Waals surface area (Å²) in [5.41, 5.74) is 0.533. The Morgan fingerprint density at radius 3 is 2.67 bits per heavy atom. The lowest BCUT2D eigenvalue weighted by Gasteiger charge is -2.33. The number of piperidine rings is 1. The van der Waals surface area contributed by atoms with Crippen LogP contribution in [0.25, 0.3) is 0 Å². The van der Waals surface area contributed by atoms with Gasteiger partial charge in [0.25, 0.3) is 5.91 Å². The highest BCUT2D eigenvalue weighted by molar-refractivity contribution is 9.10. The summed E-state index contributed by atoms with van der Waals surface area (Å²) in [5, 5.41) is 3.34. The normalized spacial score (nSPS) is 16.2. The van der Waals surface area contributed by atoms with E-state index in [1.807, 2.05) is 18.7 Å². The number of benzene rings is 1. The van der Waals surface area contributed by atoms with Crippen LogP contribution in [-0.2, 0) is 0 Å². The van der Waals surface area contributed by atoms with Crippen LogP contribution in [0.1, 0.15) is 37.0 Å². The van der Waals surface area contributed by atoms with Crippen molar-refractivity contribution in [2.75, 3.05) is 19.6 Å². The molecule has 116 valence electrons. The first-order chi connectivity index (χ1) is 9.99. The molecule has 1 aromatic carbocycles. The van der Waals surface area contributed by atoms with Gasteiger partial charge in [0.05, 0.1) is 4.47 Å². The fourth-order valence-corrected chi connectivity index (χ4v) is 3.04. The molecule has 1 fully saturated rings. The Labute approximate surface area is 134 Å². The van der Waals surface area contributed by atoms with Gasteiger partial charge in [0.1, 0.15) is 5.82 Å². The van der Waals surface area contributed by atoms with Crippen molar-refractivity contribution < 1.29 is 9.18 Å². The van der Waals surface area contributed by atoms with Crippen molar-refractivity contribution >= 4 is 21.8 Å². The molecule has 1 N–H and O–H groups in total. The Bertz CT molecular complexity index is 501. The predicted molar refractivity (Wildman–Crippen MR) is 85.9 cm³/mol. The minimum atomic E-state index is -0.346. The fourth-order valence-electron chi connectivity index (χ4n) is 2.67. The molecule has 0 bridgehead atoms. The van der Waals surface area contributed by atoms with E-state index in [-0.39, 0.29) is 17.8 Å². The molecule has 1 aromatic rings. The SMILES string of the molecule is CC(C)N(CC1CCNCC1)C(=O)c1ccc(F)c(Br)c1. The highest BCUT2D eigenvalue weighted by atomic mass is 79.9. The van der Waals surface area contributed by atoms with E-state index in [0.717, 1.165) is 32.5 Å². The molecule has 5 heteroatoms. The topological polar surface area (TPSA) is 32.3 Å². The minimum absolute atomic E-state index is 0.0239. The zero-order chi connectivity index (χ0) is 15.4. The van der Waals surface area contributed by atoms with E-state index in [1.54, 1.807) is 12.1 Å². The van der Waals surface area contributed by atoms with Crippen LogP contribution in [0.5, 0.6) is 0 Å². The summed E-state index contributed by atoms with van der Waals surface area (Å²) >= 11 is 3.15. The monoisotopic (exact) mass is 356 g/mol. The molecular weight excluding hydrogens is 335 g/mol. The Balaban J connectivity index is 2.12. The quantitative estimate of drug-likeness (QED) is 0.895. The smallest absolute Gasteiger partial charge is 0.254 e. The van der Waals surface area contributed by atoms with E-state index < -0.39 is 0 Å². The first-order valence-corrected chi connectivity index (χ1v) is 8.25. The van der Waals surface area contributed by atoms with Gasteiger partial charge in [-0.05, 0) is 79.8 Å². The van der Waals surface area contributed by atoms with Gasteiger partial charge in [-0.1, -0.05) is 0 Å². The Kier molecular flexibility index (Phi) is 5.76. The van der Waals surface area contributed by atoms with Crippen molar-refractivity contribution in [1.29, 1.82) is 0 Å². The number of halogens is 2. The van der Waals surface area contributed by atoms with E-state index in [4.69, 9.17) is 0 Å². The molecule has 0 saturated carbocycles. The first-order valence-electron chi connectivity index (χ1n) is 7.45. The lowest BCUT2D eigenvalue weighted by Crippen LogP contribution is -2.43. The summed E-state index contributed by atoms with van der Waals surface area (Å²) in [6, 6.07) is 4.59. The van der Waals surface area contributed by atoms with E-state index in [1.165, 1.54) is 6.07 Å². The molecule has 2 rings (SSSR count). The molecule has 0 aliphatic carbocycles. The second-order valence-corrected chi connectivity index (χ2v) is 6.73. The van der Waals surface area contributed by atoms with E-state index in [0.29, 0.717) is 16.0 Å². The van der Waals surface area contributed by atoms with Crippen molar-refractivity contribution in [1.82, 2.24) is 10.2 Å². The van der Waals surface area contributed by atoms with Crippen LogP contribution in [-0.4, -0.2) is 36.5 Å². The molecule has 0 unspecified atom stereocenters. The molecule has 0 aromatic heterocycles. The zero-order valence-electron chi connectivity index (χ0n) is 12.5. The van der Waals surface area contributed by atoms with Gasteiger partial charge in [-0.3, -0.25) is 4.79 Å². The summed E-state index contributed by atoms with van der Waals surface area (Å²) in [7, 11) is 0. The zero-order valence-corrected chi connectivity index (χ0v) is 14.1. The standard InChI is InChI=1S/C16H22BrFN2O/c1-11(2)20(10-12-5-7-19-8-6-12)16(21)13-3-4-15(18)14(17)9-13/h3-4,9,11-12,19H,5-8,10H2,1-2H3. The second kappa shape index (κ2) is 7.36. The highest BCUT2D eigenvalue weighted by Gasteiger charge is 2.24. The summed E-state index contributed by atoms with van der Waals surface area (Å²) in [4.78, 5) is 14.6. The molecule has 0 spiro atoms. The van der Waals surface area contributed by atoms with Gasteiger partial charge in [0.2, 0.25) is 0 Å². The van der Waals surface area contributed by atoms with Gasteiger partial charge in [-0.25, -0.2) is 4.39 Å². The average Bonchev–Trinajstić information content (AvgIpc) is 2.47. The van der Waals surface area contributed by atoms with Crippen molar-refractivity contribution in [3.05, 3.63) is 34.1 Å². The third-order valence-corrected chi connectivity index (χ3v) is 4.57. The third-order valence-electron chi connectivity index (χ3n) is 3.96. The maximum atomic E-state index is 13.3. The lowest BCUT2D eigenvalue weighted by atomic mass is 9.96. The number of rotatable bonds is 4. The van der Waals surface area contributed by atoms with Gasteiger partial charge in [0, 0.05) is 18.2 Å². The molecular formula is C16H22BrFN2O. The van der Waals surface area contributed by atoms with Crippen LogP contribution >= 0.6 is 15.9 Å². The van der Waals surface area contributed by atoms with E-state index >= 15 is 0 Å². The molecule has 0 radical (unpaired) electrons. The Hall–Kier alpha value is -0.940. The van der Waals surface area contributed by atoms with Crippen LogP contribution in [0.3, 0.4) is 0 Å². The predicted octanol–water partition coefficient (Wildman–Crippen LogP) is 3.44. The van der Waals surface area contributed by atoms with Gasteiger partial charge < -0.3 is 10.2 Å². The average molecular weight is 357 g/mol. The van der Waals surface area contributed by atoms with E-state index in [9.17, 15) is 9.18 Å². The maximum Gasteiger partial charge on any atom is 0.254 e. The summed E-state index contributed by atoms with van der Waals surface area (Å²) < 4.78 is 13.6. The summed E-state index contributed by atoms with van der Waals surface area (Å²) in [6.45, 7) is 6.86. The van der Waals surface area contributed by atoms with Gasteiger partial charge in [-0.2, -0.15) is 0 Å². The lowest BCUT2D eigenvalue weighted by molar-refractivity contribution is 0.0658. The summed E-state index contributed by atoms with van der Waals surface area (Å²) in [5.74, 6) is 0.173. The maximum absolute atomic E-state index is 13.3. The molecule has 1 aliphatic heterocycles. The first kappa shape index (κ1) is 16.4. The number of carbonyl (C=O) groups is 1. The van der Waals surface area contributed by atoms with Crippen molar-refractivity contribution in [3.63, 3.8) is 0 Å². The fraction of sp³-hybridized carbons (Fsp3) is 0.562. The van der Waals surface area contributed by atoms with Gasteiger partial charge in [0.15, 0.2) is 0 Å². The number of hydrogen-bond acceptors (Lipinski definition) is 2. The largest absolute Gasteiger partial charge is 0.336 e. The Morgan fingerprint density at radius 1 is 1.43 bits per heavy atom. The Morgan fingerprint density at radius 2 is 2.10 bits per heavy atom. The molecule has 1 amide bonds. The van der Waals surface area contributed by atoms with Crippen LogP contribution in [0.2, 0.25) is 0 Å². The number of carbonyl (C=O) groups excluding carboxylic acids is 1. The third kappa shape index (κ3) is 4.27. The molecule has 1 aliphatic rings. The highest BCUT2D eigenvalue weighted by Crippen LogP contribution is 2.21. The van der Waals surface area contributed by atoms with Crippen molar-refractivity contribution in [2.45, 2.75) is 32.7 Å². The van der Waals surface area contributed by atoms with Crippen molar-refractivity contribution in [3.8, 4) is 0 Å². The molecule has 21 heavy (non-hydrogen) atoms. The van der Waals surface area contributed by atoms with Crippen LogP contribution in [0.4, 0.5) is 4.39 Å². The second-order valence-electron chi connectivity index (χ2n) is 5.87. The number of nitrogens with zero attached hydrogens (tertiary/aromatic N) is 1. The van der Waals surface area contributed by atoms with Crippen molar-refractivity contribution in [2.24, 2.45) is 5.92 Å². The minimum Gasteiger partial charge on any atom is -0.336 e. The van der Waals surface area contributed by atoms with E-state index in [2.05, 4.69) is 21.2 Å². The number of nitrogens with one attached hydrogen (secondary N) is 1. The van der Waals surface area contributed by atoms with Gasteiger partial charge >= 0.3 is 0 Å².